The number of hydrogen-bond acceptors (Lipinski definition) is 3. The SMILES string of the molecule is CC(C)OCc1nn(CC2CC2)c2c1CNCC2. The first-order valence-electron chi connectivity index (χ1n) is 7.14. The fraction of sp³-hybridized carbons (Fsp3) is 0.786. The van der Waals surface area contributed by atoms with Gasteiger partial charge in [-0.2, -0.15) is 5.10 Å². The zero-order valence-corrected chi connectivity index (χ0v) is 11.4. The van der Waals surface area contributed by atoms with Gasteiger partial charge in [-0.15, -0.1) is 0 Å². The molecule has 0 amide bonds. The zero-order valence-electron chi connectivity index (χ0n) is 11.4. The molecule has 2 aliphatic rings. The van der Waals surface area contributed by atoms with Crippen LogP contribution in [0.25, 0.3) is 0 Å². The van der Waals surface area contributed by atoms with Crippen LogP contribution >= 0.6 is 0 Å². The van der Waals surface area contributed by atoms with Gasteiger partial charge in [0, 0.05) is 37.3 Å². The molecule has 0 saturated heterocycles. The van der Waals surface area contributed by atoms with Crippen LogP contribution in [0.5, 0.6) is 0 Å². The number of aromatic nitrogens is 2. The molecule has 4 nitrogen and oxygen atoms in total. The minimum Gasteiger partial charge on any atom is -0.372 e. The Hall–Kier alpha value is -0.870. The van der Waals surface area contributed by atoms with Crippen molar-refractivity contribution >= 4 is 0 Å². The van der Waals surface area contributed by atoms with Gasteiger partial charge in [0.2, 0.25) is 0 Å². The van der Waals surface area contributed by atoms with Crippen LogP contribution in [0.1, 0.15) is 43.6 Å². The lowest BCUT2D eigenvalue weighted by Crippen LogP contribution is -2.25. The monoisotopic (exact) mass is 249 g/mol. The molecule has 100 valence electrons. The first-order valence-corrected chi connectivity index (χ1v) is 7.14. The molecule has 1 saturated carbocycles. The molecule has 2 heterocycles. The van der Waals surface area contributed by atoms with Gasteiger partial charge in [-0.3, -0.25) is 4.68 Å². The predicted molar refractivity (Wildman–Crippen MR) is 70.3 cm³/mol. The average Bonchev–Trinajstić information content (AvgIpc) is 3.10. The van der Waals surface area contributed by atoms with Gasteiger partial charge in [0.25, 0.3) is 0 Å². The summed E-state index contributed by atoms with van der Waals surface area (Å²) < 4.78 is 7.98. The molecular formula is C14H23N3O. The molecule has 1 aromatic heterocycles. The van der Waals surface area contributed by atoms with Crippen molar-refractivity contribution in [2.75, 3.05) is 6.54 Å². The summed E-state index contributed by atoms with van der Waals surface area (Å²) in [6, 6.07) is 0. The van der Waals surface area contributed by atoms with E-state index >= 15 is 0 Å². The topological polar surface area (TPSA) is 39.1 Å². The van der Waals surface area contributed by atoms with Gasteiger partial charge in [-0.25, -0.2) is 0 Å². The van der Waals surface area contributed by atoms with Crippen molar-refractivity contribution in [3.63, 3.8) is 0 Å². The summed E-state index contributed by atoms with van der Waals surface area (Å²) in [6.07, 6.45) is 4.14. The van der Waals surface area contributed by atoms with Gasteiger partial charge in [-0.1, -0.05) is 0 Å². The second-order valence-electron chi connectivity index (χ2n) is 5.78. The van der Waals surface area contributed by atoms with Crippen molar-refractivity contribution in [2.24, 2.45) is 5.92 Å². The maximum atomic E-state index is 5.72. The summed E-state index contributed by atoms with van der Waals surface area (Å²) in [4.78, 5) is 0. The quantitative estimate of drug-likeness (QED) is 0.866. The molecule has 1 aliphatic carbocycles. The van der Waals surface area contributed by atoms with E-state index in [4.69, 9.17) is 9.84 Å². The Balaban J connectivity index is 1.80. The molecule has 0 radical (unpaired) electrons. The second-order valence-corrected chi connectivity index (χ2v) is 5.78. The minimum atomic E-state index is 0.269. The highest BCUT2D eigenvalue weighted by Gasteiger charge is 2.26. The molecule has 3 rings (SSSR count). The highest BCUT2D eigenvalue weighted by molar-refractivity contribution is 5.28. The van der Waals surface area contributed by atoms with Crippen molar-refractivity contribution in [3.05, 3.63) is 17.0 Å². The fourth-order valence-electron chi connectivity index (χ4n) is 2.55. The standard InChI is InChI=1S/C14H23N3O/c1-10(2)18-9-13-12-7-15-6-5-14(12)17(16-13)8-11-3-4-11/h10-11,15H,3-9H2,1-2H3. The number of nitrogens with zero attached hydrogens (tertiary/aromatic N) is 2. The largest absolute Gasteiger partial charge is 0.372 e. The van der Waals surface area contributed by atoms with E-state index in [1.807, 2.05) is 0 Å². The van der Waals surface area contributed by atoms with Crippen molar-refractivity contribution in [3.8, 4) is 0 Å². The van der Waals surface area contributed by atoms with Crippen LogP contribution in [0.15, 0.2) is 0 Å². The van der Waals surface area contributed by atoms with Crippen LogP contribution in [0.2, 0.25) is 0 Å². The van der Waals surface area contributed by atoms with E-state index in [9.17, 15) is 0 Å². The molecule has 0 aromatic carbocycles. The van der Waals surface area contributed by atoms with Gasteiger partial charge >= 0.3 is 0 Å². The normalized spacial score (nSPS) is 19.3. The predicted octanol–water partition coefficient (Wildman–Crippen LogP) is 1.86. The Morgan fingerprint density at radius 2 is 2.28 bits per heavy atom. The lowest BCUT2D eigenvalue weighted by molar-refractivity contribution is 0.0627. The summed E-state index contributed by atoms with van der Waals surface area (Å²) in [5, 5.41) is 8.24. The average molecular weight is 249 g/mol. The Morgan fingerprint density at radius 3 is 3.00 bits per heavy atom. The van der Waals surface area contributed by atoms with Crippen LogP contribution in [0.4, 0.5) is 0 Å². The summed E-state index contributed by atoms with van der Waals surface area (Å²) in [5.41, 5.74) is 3.98. The summed E-state index contributed by atoms with van der Waals surface area (Å²) in [6.45, 7) is 7.95. The molecule has 0 spiro atoms. The molecule has 18 heavy (non-hydrogen) atoms. The number of rotatable bonds is 5. The highest BCUT2D eigenvalue weighted by Crippen LogP contribution is 2.32. The van der Waals surface area contributed by atoms with E-state index in [0.717, 1.165) is 37.7 Å². The highest BCUT2D eigenvalue weighted by atomic mass is 16.5. The smallest absolute Gasteiger partial charge is 0.0929 e. The summed E-state index contributed by atoms with van der Waals surface area (Å²) in [7, 11) is 0. The molecule has 4 heteroatoms. The number of ether oxygens (including phenoxy) is 1. The van der Waals surface area contributed by atoms with E-state index in [1.165, 1.54) is 24.1 Å². The van der Waals surface area contributed by atoms with Crippen LogP contribution < -0.4 is 5.32 Å². The van der Waals surface area contributed by atoms with Gasteiger partial charge in [0.1, 0.15) is 0 Å². The molecule has 1 N–H and O–H groups in total. The number of nitrogens with one attached hydrogen (secondary N) is 1. The molecule has 1 fully saturated rings. The van der Waals surface area contributed by atoms with Crippen LogP contribution in [-0.4, -0.2) is 22.4 Å². The molecule has 0 atom stereocenters. The van der Waals surface area contributed by atoms with E-state index in [-0.39, 0.29) is 6.10 Å². The first kappa shape index (κ1) is 12.2. The van der Waals surface area contributed by atoms with Crippen molar-refractivity contribution in [1.82, 2.24) is 15.1 Å². The fourth-order valence-corrected chi connectivity index (χ4v) is 2.55. The van der Waals surface area contributed by atoms with Crippen LogP contribution in [-0.2, 0) is 30.9 Å². The minimum absolute atomic E-state index is 0.269. The van der Waals surface area contributed by atoms with Crippen molar-refractivity contribution in [1.29, 1.82) is 0 Å². The maximum Gasteiger partial charge on any atom is 0.0929 e. The number of fused-ring (bicyclic) bond motifs is 1. The van der Waals surface area contributed by atoms with E-state index in [2.05, 4.69) is 23.8 Å². The van der Waals surface area contributed by atoms with E-state index in [0.29, 0.717) is 6.61 Å². The Labute approximate surface area is 109 Å². The maximum absolute atomic E-state index is 5.72. The van der Waals surface area contributed by atoms with Crippen molar-refractivity contribution in [2.45, 2.75) is 58.9 Å². The lowest BCUT2D eigenvalue weighted by Gasteiger charge is -2.15. The van der Waals surface area contributed by atoms with E-state index in [1.54, 1.807) is 0 Å². The summed E-state index contributed by atoms with van der Waals surface area (Å²) in [5.74, 6) is 0.878. The van der Waals surface area contributed by atoms with Gasteiger partial charge < -0.3 is 10.1 Å². The third-order valence-electron chi connectivity index (χ3n) is 3.77. The Kier molecular flexibility index (Phi) is 3.39. The summed E-state index contributed by atoms with van der Waals surface area (Å²) >= 11 is 0. The zero-order chi connectivity index (χ0) is 12.5. The molecular weight excluding hydrogens is 226 g/mol. The first-order chi connectivity index (χ1) is 8.74. The molecule has 0 unspecified atom stereocenters. The molecule has 1 aromatic rings. The molecule has 0 bridgehead atoms. The van der Waals surface area contributed by atoms with Crippen LogP contribution in [0, 0.1) is 5.92 Å². The lowest BCUT2D eigenvalue weighted by atomic mass is 10.1. The third kappa shape index (κ3) is 2.59. The van der Waals surface area contributed by atoms with Gasteiger partial charge in [0.15, 0.2) is 0 Å². The second kappa shape index (κ2) is 5.02. The Bertz CT molecular complexity index is 421. The molecule has 1 aliphatic heterocycles. The van der Waals surface area contributed by atoms with Crippen molar-refractivity contribution < 1.29 is 4.74 Å². The van der Waals surface area contributed by atoms with Gasteiger partial charge in [-0.05, 0) is 32.6 Å². The third-order valence-corrected chi connectivity index (χ3v) is 3.77. The van der Waals surface area contributed by atoms with Gasteiger partial charge in [0.05, 0.1) is 18.4 Å². The van der Waals surface area contributed by atoms with E-state index < -0.39 is 0 Å². The number of hydrogen-bond donors (Lipinski definition) is 1. The van der Waals surface area contributed by atoms with Crippen LogP contribution in [0.3, 0.4) is 0 Å². The Morgan fingerprint density at radius 1 is 1.44 bits per heavy atom.